The Morgan fingerprint density at radius 3 is 2.62 bits per heavy atom. The standard InChI is InChI=1S/C19H16ClF3N4O2/c1-3-29-16-7-5-4-6-15(16)24-18(28)17-11(2)27(26-25-17)12-8-9-13(14(20)10-12)19(21,22)23/h4-10H,3H2,1-2H3,(H,24,28). The van der Waals surface area contributed by atoms with Gasteiger partial charge in [0.05, 0.1) is 34.3 Å². The molecular weight excluding hydrogens is 409 g/mol. The fourth-order valence-electron chi connectivity index (χ4n) is 2.68. The highest BCUT2D eigenvalue weighted by atomic mass is 35.5. The minimum atomic E-state index is -4.56. The van der Waals surface area contributed by atoms with Crippen molar-refractivity contribution in [1.82, 2.24) is 15.0 Å². The Balaban J connectivity index is 1.88. The van der Waals surface area contributed by atoms with Gasteiger partial charge in [0.2, 0.25) is 0 Å². The molecule has 0 aliphatic rings. The van der Waals surface area contributed by atoms with E-state index in [2.05, 4.69) is 15.6 Å². The van der Waals surface area contributed by atoms with Gasteiger partial charge in [-0.1, -0.05) is 28.9 Å². The molecule has 0 saturated carbocycles. The van der Waals surface area contributed by atoms with Crippen LogP contribution in [0.4, 0.5) is 18.9 Å². The monoisotopic (exact) mass is 424 g/mol. The Hall–Kier alpha value is -3.07. The molecule has 0 aliphatic carbocycles. The summed E-state index contributed by atoms with van der Waals surface area (Å²) < 4.78 is 45.4. The van der Waals surface area contributed by atoms with Crippen molar-refractivity contribution in [2.24, 2.45) is 0 Å². The van der Waals surface area contributed by atoms with Crippen LogP contribution in [0.3, 0.4) is 0 Å². The highest BCUT2D eigenvalue weighted by molar-refractivity contribution is 6.31. The van der Waals surface area contributed by atoms with E-state index in [-0.39, 0.29) is 11.4 Å². The zero-order valence-electron chi connectivity index (χ0n) is 15.4. The van der Waals surface area contributed by atoms with Gasteiger partial charge < -0.3 is 10.1 Å². The third-order valence-corrected chi connectivity index (χ3v) is 4.36. The van der Waals surface area contributed by atoms with Gasteiger partial charge in [0.1, 0.15) is 5.75 Å². The average Bonchev–Trinajstić information content (AvgIpc) is 3.04. The fraction of sp³-hybridized carbons (Fsp3) is 0.211. The highest BCUT2D eigenvalue weighted by Crippen LogP contribution is 2.35. The van der Waals surface area contributed by atoms with E-state index in [9.17, 15) is 18.0 Å². The predicted octanol–water partition coefficient (Wildman–Crippen LogP) is 4.90. The molecule has 0 spiro atoms. The van der Waals surface area contributed by atoms with Gasteiger partial charge in [-0.15, -0.1) is 5.10 Å². The van der Waals surface area contributed by atoms with E-state index < -0.39 is 22.7 Å². The molecule has 0 radical (unpaired) electrons. The van der Waals surface area contributed by atoms with Crippen molar-refractivity contribution in [2.45, 2.75) is 20.0 Å². The van der Waals surface area contributed by atoms with Crippen LogP contribution in [0.1, 0.15) is 28.7 Å². The summed E-state index contributed by atoms with van der Waals surface area (Å²) >= 11 is 5.77. The average molecular weight is 425 g/mol. The van der Waals surface area contributed by atoms with Crippen molar-refractivity contribution < 1.29 is 22.7 Å². The number of anilines is 1. The number of para-hydroxylation sites is 2. The van der Waals surface area contributed by atoms with Gasteiger partial charge in [0.25, 0.3) is 5.91 Å². The number of benzene rings is 2. The second-order valence-electron chi connectivity index (χ2n) is 5.98. The van der Waals surface area contributed by atoms with E-state index in [1.807, 2.05) is 6.92 Å². The number of alkyl halides is 3. The van der Waals surface area contributed by atoms with Crippen LogP contribution in [0.5, 0.6) is 5.75 Å². The lowest BCUT2D eigenvalue weighted by atomic mass is 10.2. The number of carbonyl (C=O) groups is 1. The zero-order chi connectivity index (χ0) is 21.2. The van der Waals surface area contributed by atoms with Crippen LogP contribution in [0.15, 0.2) is 42.5 Å². The molecular formula is C19H16ClF3N4O2. The largest absolute Gasteiger partial charge is 0.492 e. The van der Waals surface area contributed by atoms with Crippen molar-refractivity contribution in [3.63, 3.8) is 0 Å². The fourth-order valence-corrected chi connectivity index (χ4v) is 2.96. The van der Waals surface area contributed by atoms with Crippen molar-refractivity contribution in [3.8, 4) is 11.4 Å². The van der Waals surface area contributed by atoms with Gasteiger partial charge >= 0.3 is 6.18 Å². The molecule has 6 nitrogen and oxygen atoms in total. The first-order valence-corrected chi connectivity index (χ1v) is 8.92. The van der Waals surface area contributed by atoms with Gasteiger partial charge in [0.15, 0.2) is 5.69 Å². The van der Waals surface area contributed by atoms with Gasteiger partial charge in [-0.2, -0.15) is 13.2 Å². The van der Waals surface area contributed by atoms with E-state index in [1.165, 1.54) is 10.7 Å². The van der Waals surface area contributed by atoms with Crippen molar-refractivity contribution in [1.29, 1.82) is 0 Å². The maximum Gasteiger partial charge on any atom is 0.417 e. The third-order valence-electron chi connectivity index (χ3n) is 4.05. The smallest absolute Gasteiger partial charge is 0.417 e. The first-order valence-electron chi connectivity index (χ1n) is 8.55. The van der Waals surface area contributed by atoms with Crippen LogP contribution in [0.25, 0.3) is 5.69 Å². The molecule has 152 valence electrons. The van der Waals surface area contributed by atoms with Gasteiger partial charge in [-0.25, -0.2) is 4.68 Å². The number of nitrogens with one attached hydrogen (secondary N) is 1. The summed E-state index contributed by atoms with van der Waals surface area (Å²) in [4.78, 5) is 12.6. The van der Waals surface area contributed by atoms with Crippen LogP contribution in [-0.4, -0.2) is 27.5 Å². The molecule has 3 rings (SSSR count). The number of carbonyl (C=O) groups excluding carboxylic acids is 1. The number of ether oxygens (including phenoxy) is 1. The molecule has 0 unspecified atom stereocenters. The van der Waals surface area contributed by atoms with Crippen molar-refractivity contribution >= 4 is 23.2 Å². The second-order valence-corrected chi connectivity index (χ2v) is 6.39. The molecule has 0 fully saturated rings. The molecule has 2 aromatic carbocycles. The Morgan fingerprint density at radius 1 is 1.24 bits per heavy atom. The molecule has 29 heavy (non-hydrogen) atoms. The molecule has 1 N–H and O–H groups in total. The molecule has 0 saturated heterocycles. The first kappa shape index (κ1) is 20.7. The summed E-state index contributed by atoms with van der Waals surface area (Å²) in [5.41, 5.74) is 0.123. The number of rotatable bonds is 5. The Kier molecular flexibility index (Phi) is 5.78. The summed E-state index contributed by atoms with van der Waals surface area (Å²) in [7, 11) is 0. The molecule has 1 heterocycles. The molecule has 1 aromatic heterocycles. The SMILES string of the molecule is CCOc1ccccc1NC(=O)c1nnn(-c2ccc(C(F)(F)F)c(Cl)c2)c1C. The van der Waals surface area contributed by atoms with E-state index in [4.69, 9.17) is 16.3 Å². The number of halogens is 4. The van der Waals surface area contributed by atoms with Gasteiger partial charge in [-0.3, -0.25) is 4.79 Å². The van der Waals surface area contributed by atoms with E-state index in [0.717, 1.165) is 12.1 Å². The molecule has 0 aliphatic heterocycles. The van der Waals surface area contributed by atoms with Crippen molar-refractivity contribution in [3.05, 3.63) is 64.4 Å². The Bertz CT molecular complexity index is 1050. The van der Waals surface area contributed by atoms with E-state index in [1.54, 1.807) is 31.2 Å². The summed E-state index contributed by atoms with van der Waals surface area (Å²) in [6.07, 6.45) is -4.56. The number of hydrogen-bond donors (Lipinski definition) is 1. The molecule has 0 atom stereocenters. The normalized spacial score (nSPS) is 11.4. The summed E-state index contributed by atoms with van der Waals surface area (Å²) in [6.45, 7) is 3.83. The number of aromatic nitrogens is 3. The van der Waals surface area contributed by atoms with Crippen molar-refractivity contribution in [2.75, 3.05) is 11.9 Å². The Labute approximate surface area is 169 Å². The van der Waals surface area contributed by atoms with Crippen LogP contribution in [0, 0.1) is 6.92 Å². The molecule has 1 amide bonds. The number of amides is 1. The molecule has 10 heteroatoms. The summed E-state index contributed by atoms with van der Waals surface area (Å²) in [6, 6.07) is 10.1. The minimum Gasteiger partial charge on any atom is -0.492 e. The predicted molar refractivity (Wildman–Crippen MR) is 102 cm³/mol. The van der Waals surface area contributed by atoms with Crippen LogP contribution < -0.4 is 10.1 Å². The lowest BCUT2D eigenvalue weighted by molar-refractivity contribution is -0.137. The van der Waals surface area contributed by atoms with Gasteiger partial charge in [-0.05, 0) is 44.2 Å². The summed E-state index contributed by atoms with van der Waals surface area (Å²) in [5.74, 6) is -0.0261. The van der Waals surface area contributed by atoms with E-state index >= 15 is 0 Å². The lowest BCUT2D eigenvalue weighted by Crippen LogP contribution is -2.15. The minimum absolute atomic E-state index is 0.0207. The maximum atomic E-state index is 12.9. The zero-order valence-corrected chi connectivity index (χ0v) is 16.2. The van der Waals surface area contributed by atoms with Gasteiger partial charge in [0, 0.05) is 0 Å². The summed E-state index contributed by atoms with van der Waals surface area (Å²) in [5, 5.41) is 9.97. The van der Waals surface area contributed by atoms with Crippen LogP contribution in [-0.2, 0) is 6.18 Å². The lowest BCUT2D eigenvalue weighted by Gasteiger charge is -2.11. The second kappa shape index (κ2) is 8.12. The van der Waals surface area contributed by atoms with E-state index in [0.29, 0.717) is 23.7 Å². The van der Waals surface area contributed by atoms with Crippen LogP contribution >= 0.6 is 11.6 Å². The topological polar surface area (TPSA) is 69.0 Å². The number of hydrogen-bond acceptors (Lipinski definition) is 4. The molecule has 3 aromatic rings. The quantitative estimate of drug-likeness (QED) is 0.632. The third kappa shape index (κ3) is 4.34. The first-order chi connectivity index (χ1) is 13.7. The van der Waals surface area contributed by atoms with Crippen LogP contribution in [0.2, 0.25) is 5.02 Å². The Morgan fingerprint density at radius 2 is 1.97 bits per heavy atom. The maximum absolute atomic E-state index is 12.9. The highest BCUT2D eigenvalue weighted by Gasteiger charge is 2.33. The molecule has 0 bridgehead atoms. The number of nitrogens with zero attached hydrogens (tertiary/aromatic N) is 3.